The summed E-state index contributed by atoms with van der Waals surface area (Å²) >= 11 is 0. The van der Waals surface area contributed by atoms with Crippen LogP contribution in [0.15, 0.2) is 29.2 Å². The van der Waals surface area contributed by atoms with Gasteiger partial charge in [-0.25, -0.2) is 8.42 Å². The molecule has 0 radical (unpaired) electrons. The summed E-state index contributed by atoms with van der Waals surface area (Å²) in [4.78, 5) is 15.1. The molecule has 3 aliphatic heterocycles. The lowest BCUT2D eigenvalue weighted by molar-refractivity contribution is -0.0969. The summed E-state index contributed by atoms with van der Waals surface area (Å²) in [6.07, 6.45) is 1.24. The second-order valence-electron chi connectivity index (χ2n) is 8.37. The first-order valence-corrected chi connectivity index (χ1v) is 12.1. The Balaban J connectivity index is 1.50. The quantitative estimate of drug-likeness (QED) is 0.712. The highest BCUT2D eigenvalue weighted by Gasteiger charge is 2.35. The van der Waals surface area contributed by atoms with E-state index in [9.17, 15) is 13.2 Å². The maximum Gasteiger partial charge on any atom is 0.253 e. The van der Waals surface area contributed by atoms with Crippen molar-refractivity contribution < 1.29 is 27.4 Å². The third kappa shape index (κ3) is 4.55. The van der Waals surface area contributed by atoms with Gasteiger partial charge in [-0.05, 0) is 44.9 Å². The average Bonchev–Trinajstić information content (AvgIpc) is 3.28. The van der Waals surface area contributed by atoms with Crippen LogP contribution in [0.2, 0.25) is 0 Å². The highest BCUT2D eigenvalue weighted by Crippen LogP contribution is 2.27. The van der Waals surface area contributed by atoms with Gasteiger partial charge >= 0.3 is 0 Å². The van der Waals surface area contributed by atoms with Crippen molar-refractivity contribution in [2.75, 3.05) is 39.4 Å². The smallest absolute Gasteiger partial charge is 0.253 e. The van der Waals surface area contributed by atoms with Crippen molar-refractivity contribution in [1.82, 2.24) is 9.21 Å². The van der Waals surface area contributed by atoms with Crippen molar-refractivity contribution in [3.63, 3.8) is 0 Å². The zero-order chi connectivity index (χ0) is 21.3. The third-order valence-electron chi connectivity index (χ3n) is 5.88. The van der Waals surface area contributed by atoms with E-state index in [1.807, 2.05) is 13.8 Å². The molecule has 1 aromatic carbocycles. The van der Waals surface area contributed by atoms with Crippen molar-refractivity contribution in [3.8, 4) is 0 Å². The van der Waals surface area contributed by atoms with Gasteiger partial charge in [0.25, 0.3) is 5.91 Å². The Labute approximate surface area is 178 Å². The van der Waals surface area contributed by atoms with E-state index < -0.39 is 10.0 Å². The predicted molar refractivity (Wildman–Crippen MR) is 110 cm³/mol. The molecule has 0 saturated carbocycles. The molecule has 3 unspecified atom stereocenters. The third-order valence-corrected chi connectivity index (χ3v) is 7.71. The Morgan fingerprint density at radius 3 is 2.47 bits per heavy atom. The van der Waals surface area contributed by atoms with Crippen LogP contribution in [0.3, 0.4) is 0 Å². The molecule has 3 saturated heterocycles. The number of carbonyl (C=O) groups is 1. The lowest BCUT2D eigenvalue weighted by Crippen LogP contribution is -2.48. The molecule has 0 N–H and O–H groups in total. The lowest BCUT2D eigenvalue weighted by atomic mass is 9.96. The predicted octanol–water partition coefficient (Wildman–Crippen LogP) is 1.71. The van der Waals surface area contributed by atoms with E-state index in [-0.39, 0.29) is 35.2 Å². The van der Waals surface area contributed by atoms with Crippen LogP contribution >= 0.6 is 0 Å². The van der Waals surface area contributed by atoms with Gasteiger partial charge < -0.3 is 19.1 Å². The molecule has 1 aromatic rings. The van der Waals surface area contributed by atoms with Gasteiger partial charge in [0.05, 0.1) is 30.3 Å². The number of likely N-dealkylation sites (tertiary alicyclic amines) is 1. The molecule has 0 bridgehead atoms. The van der Waals surface area contributed by atoms with Gasteiger partial charge in [-0.3, -0.25) is 4.79 Å². The minimum Gasteiger partial charge on any atom is -0.373 e. The first-order valence-electron chi connectivity index (χ1n) is 10.6. The molecule has 0 aliphatic carbocycles. The summed E-state index contributed by atoms with van der Waals surface area (Å²) in [5, 5.41) is 0. The Morgan fingerprint density at radius 2 is 1.77 bits per heavy atom. The molecular weight excluding hydrogens is 408 g/mol. The number of nitrogens with zero attached hydrogens (tertiary/aromatic N) is 2. The molecule has 30 heavy (non-hydrogen) atoms. The molecule has 3 atom stereocenters. The van der Waals surface area contributed by atoms with Crippen LogP contribution in [0.5, 0.6) is 0 Å². The molecule has 0 spiro atoms. The number of morpholine rings is 1. The van der Waals surface area contributed by atoms with Crippen LogP contribution in [0.1, 0.15) is 37.0 Å². The van der Waals surface area contributed by atoms with Crippen LogP contribution in [-0.4, -0.2) is 81.4 Å². The zero-order valence-corrected chi connectivity index (χ0v) is 18.3. The van der Waals surface area contributed by atoms with Crippen LogP contribution in [0, 0.1) is 5.92 Å². The summed E-state index contributed by atoms with van der Waals surface area (Å²) in [5.74, 6) is -0.00750. The number of carbonyl (C=O) groups excluding carboxylic acids is 1. The number of sulfonamides is 1. The van der Waals surface area contributed by atoms with Crippen LogP contribution in [0.25, 0.3) is 0 Å². The van der Waals surface area contributed by atoms with Crippen LogP contribution in [0.4, 0.5) is 0 Å². The Hall–Kier alpha value is -1.52. The van der Waals surface area contributed by atoms with Gasteiger partial charge in [-0.2, -0.15) is 4.31 Å². The second-order valence-corrected chi connectivity index (χ2v) is 10.3. The highest BCUT2D eigenvalue weighted by atomic mass is 32.2. The van der Waals surface area contributed by atoms with Crippen molar-refractivity contribution in [2.45, 2.75) is 50.1 Å². The molecule has 3 fully saturated rings. The number of hydrogen-bond acceptors (Lipinski definition) is 6. The minimum atomic E-state index is -3.70. The fourth-order valence-corrected chi connectivity index (χ4v) is 6.15. The van der Waals surface area contributed by atoms with E-state index >= 15 is 0 Å². The summed E-state index contributed by atoms with van der Waals surface area (Å²) in [7, 11) is -3.70. The number of ether oxygens (including phenoxy) is 3. The molecule has 166 valence electrons. The standard InChI is InChI=1S/C21H30N2O6S/c1-15-12-23(13-16(2)29-15)30(25,26)19-7-3-5-17(11-19)20(24)22-8-4-6-18(14-22)21-27-9-10-28-21/h3,5,7,11,15-16,18,21H,4,6,8-10,12-14H2,1-2H3. The fourth-order valence-electron chi connectivity index (χ4n) is 4.51. The summed E-state index contributed by atoms with van der Waals surface area (Å²) in [5.41, 5.74) is 0.388. The second kappa shape index (κ2) is 8.92. The van der Waals surface area contributed by atoms with Gasteiger partial charge in [0.2, 0.25) is 10.0 Å². The summed E-state index contributed by atoms with van der Waals surface area (Å²) in [6, 6.07) is 6.36. The molecule has 9 heteroatoms. The number of amides is 1. The number of benzene rings is 1. The SMILES string of the molecule is CC1CN(S(=O)(=O)c2cccc(C(=O)N3CCCC(C4OCCO4)C3)c2)CC(C)O1. The van der Waals surface area contributed by atoms with Crippen molar-refractivity contribution in [1.29, 1.82) is 0 Å². The van der Waals surface area contributed by atoms with E-state index in [1.165, 1.54) is 10.4 Å². The summed E-state index contributed by atoms with van der Waals surface area (Å²) in [6.45, 7) is 6.73. The van der Waals surface area contributed by atoms with Crippen molar-refractivity contribution >= 4 is 15.9 Å². The number of rotatable bonds is 4. The monoisotopic (exact) mass is 438 g/mol. The van der Waals surface area contributed by atoms with E-state index in [0.717, 1.165) is 12.8 Å². The molecule has 4 rings (SSSR count). The fraction of sp³-hybridized carbons (Fsp3) is 0.667. The van der Waals surface area contributed by atoms with Gasteiger partial charge in [0.1, 0.15) is 0 Å². The van der Waals surface area contributed by atoms with E-state index in [4.69, 9.17) is 14.2 Å². The largest absolute Gasteiger partial charge is 0.373 e. The Morgan fingerprint density at radius 1 is 1.07 bits per heavy atom. The normalized spacial score (nSPS) is 29.3. The topological polar surface area (TPSA) is 85.4 Å². The molecule has 3 aliphatic rings. The van der Waals surface area contributed by atoms with Crippen molar-refractivity contribution in [2.24, 2.45) is 5.92 Å². The van der Waals surface area contributed by atoms with Gasteiger partial charge in [-0.15, -0.1) is 0 Å². The minimum absolute atomic E-state index is 0.144. The molecule has 3 heterocycles. The van der Waals surface area contributed by atoms with Crippen molar-refractivity contribution in [3.05, 3.63) is 29.8 Å². The molecular formula is C21H30N2O6S. The Bertz CT molecular complexity index is 860. The molecule has 0 aromatic heterocycles. The van der Waals surface area contributed by atoms with Gasteiger partial charge in [-0.1, -0.05) is 6.07 Å². The van der Waals surface area contributed by atoms with Gasteiger partial charge in [0, 0.05) is 37.7 Å². The first-order chi connectivity index (χ1) is 14.3. The van der Waals surface area contributed by atoms with E-state index in [0.29, 0.717) is 45.0 Å². The molecule has 8 nitrogen and oxygen atoms in total. The first kappa shape index (κ1) is 21.7. The van der Waals surface area contributed by atoms with Crippen LogP contribution in [-0.2, 0) is 24.2 Å². The summed E-state index contributed by atoms with van der Waals surface area (Å²) < 4.78 is 44.7. The average molecular weight is 439 g/mol. The maximum atomic E-state index is 13.2. The van der Waals surface area contributed by atoms with E-state index in [2.05, 4.69) is 0 Å². The van der Waals surface area contributed by atoms with Crippen LogP contribution < -0.4 is 0 Å². The Kier molecular flexibility index (Phi) is 6.45. The number of hydrogen-bond donors (Lipinski definition) is 0. The number of piperidine rings is 1. The zero-order valence-electron chi connectivity index (χ0n) is 17.5. The maximum absolute atomic E-state index is 13.2. The molecule has 1 amide bonds. The lowest BCUT2D eigenvalue weighted by Gasteiger charge is -2.35. The van der Waals surface area contributed by atoms with Gasteiger partial charge in [0.15, 0.2) is 6.29 Å². The van der Waals surface area contributed by atoms with E-state index in [1.54, 1.807) is 23.1 Å². The highest BCUT2D eigenvalue weighted by molar-refractivity contribution is 7.89.